The summed E-state index contributed by atoms with van der Waals surface area (Å²) in [5, 5.41) is 28.7. The monoisotopic (exact) mass is 453 g/mol. The molecule has 11 nitrogen and oxygen atoms in total. The normalized spacial score (nSPS) is 10.7. The number of non-ortho nitro benzene ring substituents is 1. The molecule has 1 heterocycles. The molecule has 1 aromatic heterocycles. The number of amides is 1. The van der Waals surface area contributed by atoms with Crippen molar-refractivity contribution in [3.63, 3.8) is 0 Å². The van der Waals surface area contributed by atoms with Gasteiger partial charge in [0.1, 0.15) is 11.5 Å². The minimum absolute atomic E-state index is 0.0330. The van der Waals surface area contributed by atoms with Crippen LogP contribution in [0.15, 0.2) is 36.4 Å². The first-order valence-electron chi connectivity index (χ1n) is 10.1. The Morgan fingerprint density at radius 3 is 2.39 bits per heavy atom. The van der Waals surface area contributed by atoms with Gasteiger partial charge in [0.2, 0.25) is 5.91 Å². The van der Waals surface area contributed by atoms with Crippen LogP contribution in [-0.4, -0.2) is 25.5 Å². The third-order valence-corrected chi connectivity index (χ3v) is 5.08. The maximum Gasteiger partial charge on any atom is 0.390 e. The fraction of sp³-hybridized carbons (Fsp3) is 0.273. The molecule has 1 N–H and O–H groups in total. The Bertz CT molecular complexity index is 1250. The lowest BCUT2D eigenvalue weighted by atomic mass is 10.1. The highest BCUT2D eigenvalue weighted by Gasteiger charge is 2.17. The lowest BCUT2D eigenvalue weighted by Gasteiger charge is -2.13. The number of aromatic nitrogens is 2. The molecule has 0 radical (unpaired) electrons. The van der Waals surface area contributed by atoms with Gasteiger partial charge in [-0.05, 0) is 55.4 Å². The van der Waals surface area contributed by atoms with Gasteiger partial charge in [-0.3, -0.25) is 14.9 Å². The van der Waals surface area contributed by atoms with Gasteiger partial charge in [0, 0.05) is 18.6 Å². The number of rotatable bonds is 8. The van der Waals surface area contributed by atoms with E-state index < -0.39 is 15.8 Å². The van der Waals surface area contributed by atoms with E-state index in [0.717, 1.165) is 16.7 Å². The van der Waals surface area contributed by atoms with E-state index in [0.29, 0.717) is 11.4 Å². The van der Waals surface area contributed by atoms with Gasteiger partial charge in [-0.1, -0.05) is 6.07 Å². The van der Waals surface area contributed by atoms with E-state index >= 15 is 0 Å². The Labute approximate surface area is 189 Å². The second-order valence-corrected chi connectivity index (χ2v) is 7.70. The van der Waals surface area contributed by atoms with Gasteiger partial charge in [-0.15, -0.1) is 0 Å². The molecular formula is C22H23N5O6. The number of nitro groups is 2. The second kappa shape index (κ2) is 9.47. The summed E-state index contributed by atoms with van der Waals surface area (Å²) in [4.78, 5) is 33.5. The number of nitrogens with zero attached hydrogens (tertiary/aromatic N) is 4. The van der Waals surface area contributed by atoms with Gasteiger partial charge >= 0.3 is 5.82 Å². The molecule has 2 aromatic carbocycles. The summed E-state index contributed by atoms with van der Waals surface area (Å²) in [5.74, 6) is 0.0591. The molecule has 0 atom stereocenters. The molecule has 11 heteroatoms. The predicted octanol–water partition coefficient (Wildman–Crippen LogP) is 4.75. The van der Waals surface area contributed by atoms with Crippen LogP contribution in [0.1, 0.15) is 28.8 Å². The number of hydrogen-bond donors (Lipinski definition) is 1. The first kappa shape index (κ1) is 23.4. The molecule has 0 spiro atoms. The number of ether oxygens (including phenoxy) is 1. The highest BCUT2D eigenvalue weighted by Crippen LogP contribution is 2.33. The largest absolute Gasteiger partial charge is 0.457 e. The van der Waals surface area contributed by atoms with Crippen molar-refractivity contribution in [1.82, 2.24) is 9.78 Å². The standard InChI is InChI=1S/C22H23N5O6/c1-13-7-14(2)16(4)20(8-13)33-19-11-17(10-18(12-19)26(29)30)23-22(28)5-6-25-15(3)9-21(24-25)27(31)32/h7-12H,5-6H2,1-4H3,(H,23,28). The minimum Gasteiger partial charge on any atom is -0.457 e. The molecule has 172 valence electrons. The molecule has 1 amide bonds. The van der Waals surface area contributed by atoms with Crippen molar-refractivity contribution in [1.29, 1.82) is 0 Å². The zero-order chi connectivity index (χ0) is 24.3. The van der Waals surface area contributed by atoms with Crippen LogP contribution in [0.25, 0.3) is 0 Å². The number of anilines is 1. The third-order valence-electron chi connectivity index (χ3n) is 5.08. The van der Waals surface area contributed by atoms with Gasteiger partial charge < -0.3 is 20.2 Å². The SMILES string of the molecule is Cc1cc(C)c(C)c(Oc2cc(NC(=O)CCn3nc([N+](=O)[O-])cc3C)cc([N+](=O)[O-])c2)c1. The number of nitro benzene ring substituents is 1. The van der Waals surface area contributed by atoms with E-state index in [1.54, 1.807) is 6.92 Å². The van der Waals surface area contributed by atoms with Crippen molar-refractivity contribution in [3.8, 4) is 11.5 Å². The fourth-order valence-electron chi connectivity index (χ4n) is 3.29. The Morgan fingerprint density at radius 1 is 1.03 bits per heavy atom. The van der Waals surface area contributed by atoms with Crippen molar-refractivity contribution >= 4 is 23.1 Å². The molecule has 0 saturated carbocycles. The molecule has 0 aliphatic heterocycles. The zero-order valence-corrected chi connectivity index (χ0v) is 18.6. The molecule has 0 aliphatic rings. The molecule has 3 rings (SSSR count). The van der Waals surface area contributed by atoms with Crippen LogP contribution in [0.4, 0.5) is 17.2 Å². The molecule has 0 aliphatic carbocycles. The Hall–Kier alpha value is -4.28. The van der Waals surface area contributed by atoms with Crippen LogP contribution in [0.3, 0.4) is 0 Å². The van der Waals surface area contributed by atoms with Crippen molar-refractivity contribution in [2.24, 2.45) is 0 Å². The number of carbonyl (C=O) groups excluding carboxylic acids is 1. The average Bonchev–Trinajstić information content (AvgIpc) is 3.11. The first-order chi connectivity index (χ1) is 15.5. The van der Waals surface area contributed by atoms with Crippen LogP contribution in [0, 0.1) is 47.9 Å². The van der Waals surface area contributed by atoms with E-state index in [1.165, 1.54) is 28.9 Å². The molecule has 0 saturated heterocycles. The molecule has 0 fully saturated rings. The van der Waals surface area contributed by atoms with E-state index in [2.05, 4.69) is 10.4 Å². The quantitative estimate of drug-likeness (QED) is 0.383. The second-order valence-electron chi connectivity index (χ2n) is 7.70. The van der Waals surface area contributed by atoms with E-state index in [1.807, 2.05) is 32.9 Å². The van der Waals surface area contributed by atoms with Gasteiger partial charge in [0.25, 0.3) is 5.69 Å². The molecule has 0 unspecified atom stereocenters. The van der Waals surface area contributed by atoms with Crippen molar-refractivity contribution in [3.05, 3.63) is 79.0 Å². The van der Waals surface area contributed by atoms with Crippen LogP contribution >= 0.6 is 0 Å². The third kappa shape index (κ3) is 5.70. The molecule has 0 bridgehead atoms. The zero-order valence-electron chi connectivity index (χ0n) is 18.6. The molecule has 3 aromatic rings. The van der Waals surface area contributed by atoms with Crippen molar-refractivity contribution in [2.45, 2.75) is 40.7 Å². The molecule has 33 heavy (non-hydrogen) atoms. The average molecular weight is 453 g/mol. The lowest BCUT2D eigenvalue weighted by Crippen LogP contribution is -2.15. The fourth-order valence-corrected chi connectivity index (χ4v) is 3.29. The minimum atomic E-state index is -0.606. The summed E-state index contributed by atoms with van der Waals surface area (Å²) >= 11 is 0. The summed E-state index contributed by atoms with van der Waals surface area (Å²) in [6, 6.07) is 9.20. The number of aryl methyl sites for hydroxylation is 4. The van der Waals surface area contributed by atoms with Gasteiger partial charge in [-0.25, -0.2) is 0 Å². The summed E-state index contributed by atoms with van der Waals surface area (Å²) in [7, 11) is 0. The summed E-state index contributed by atoms with van der Waals surface area (Å²) in [6.45, 7) is 7.53. The number of carbonyl (C=O) groups is 1. The predicted molar refractivity (Wildman–Crippen MR) is 121 cm³/mol. The van der Waals surface area contributed by atoms with E-state index in [9.17, 15) is 25.0 Å². The highest BCUT2D eigenvalue weighted by atomic mass is 16.6. The van der Waals surface area contributed by atoms with E-state index in [4.69, 9.17) is 4.74 Å². The molecular weight excluding hydrogens is 430 g/mol. The van der Waals surface area contributed by atoms with Crippen LogP contribution < -0.4 is 10.1 Å². The van der Waals surface area contributed by atoms with Crippen molar-refractivity contribution < 1.29 is 19.4 Å². The first-order valence-corrected chi connectivity index (χ1v) is 10.1. The smallest absolute Gasteiger partial charge is 0.390 e. The van der Waals surface area contributed by atoms with Crippen LogP contribution in [0.5, 0.6) is 11.5 Å². The Balaban J connectivity index is 1.77. The Kier molecular flexibility index (Phi) is 6.71. The Morgan fingerprint density at radius 2 is 1.76 bits per heavy atom. The maximum absolute atomic E-state index is 12.4. The van der Waals surface area contributed by atoms with Crippen LogP contribution in [0.2, 0.25) is 0 Å². The maximum atomic E-state index is 12.4. The van der Waals surface area contributed by atoms with Crippen LogP contribution in [-0.2, 0) is 11.3 Å². The number of benzene rings is 2. The summed E-state index contributed by atoms with van der Waals surface area (Å²) in [5.41, 5.74) is 3.43. The van der Waals surface area contributed by atoms with Gasteiger partial charge in [0.15, 0.2) is 0 Å². The van der Waals surface area contributed by atoms with Gasteiger partial charge in [0.05, 0.1) is 40.1 Å². The highest BCUT2D eigenvalue weighted by molar-refractivity contribution is 5.91. The van der Waals surface area contributed by atoms with Crippen molar-refractivity contribution in [2.75, 3.05) is 5.32 Å². The number of nitrogens with one attached hydrogen (secondary N) is 1. The summed E-state index contributed by atoms with van der Waals surface area (Å²) < 4.78 is 7.28. The summed E-state index contributed by atoms with van der Waals surface area (Å²) in [6.07, 6.45) is -0.0330. The van der Waals surface area contributed by atoms with Gasteiger partial charge in [-0.2, -0.15) is 4.68 Å². The van der Waals surface area contributed by atoms with E-state index in [-0.39, 0.29) is 35.9 Å². The number of hydrogen-bond acceptors (Lipinski definition) is 7. The topological polar surface area (TPSA) is 142 Å². The lowest BCUT2D eigenvalue weighted by molar-refractivity contribution is -0.389.